The number of benzene rings is 1. The van der Waals surface area contributed by atoms with Crippen LogP contribution in [0.3, 0.4) is 0 Å². The highest BCUT2D eigenvalue weighted by molar-refractivity contribution is 6.29. The van der Waals surface area contributed by atoms with Crippen molar-refractivity contribution >= 4 is 11.6 Å². The Morgan fingerprint density at radius 1 is 1.00 bits per heavy atom. The van der Waals surface area contributed by atoms with E-state index in [4.69, 9.17) is 11.6 Å². The molecule has 0 unspecified atom stereocenters. The van der Waals surface area contributed by atoms with Gasteiger partial charge in [0.15, 0.2) is 5.15 Å². The Kier molecular flexibility index (Phi) is 4.31. The maximum atomic E-state index is 5.25. The summed E-state index contributed by atoms with van der Waals surface area (Å²) < 4.78 is 0. The highest BCUT2D eigenvalue weighted by Crippen LogP contribution is 2.06. The number of H-pyrrole nitrogens is 1. The van der Waals surface area contributed by atoms with Crippen molar-refractivity contribution in [3.63, 3.8) is 0 Å². The van der Waals surface area contributed by atoms with Crippen molar-refractivity contribution in [2.75, 3.05) is 0 Å². The van der Waals surface area contributed by atoms with Gasteiger partial charge in [0.05, 0.1) is 6.20 Å². The highest BCUT2D eigenvalue weighted by atomic mass is 35.5. The van der Waals surface area contributed by atoms with Crippen molar-refractivity contribution in [2.45, 2.75) is 20.8 Å². The average Bonchev–Trinajstić information content (AvgIpc) is 2.54. The molecular weight excluding hydrogens is 210 g/mol. The van der Waals surface area contributed by atoms with Gasteiger partial charge in [-0.3, -0.25) is 0 Å². The van der Waals surface area contributed by atoms with E-state index in [0.717, 1.165) is 0 Å². The van der Waals surface area contributed by atoms with E-state index in [2.05, 4.69) is 54.4 Å². The molecule has 0 saturated carbocycles. The van der Waals surface area contributed by atoms with Gasteiger partial charge < -0.3 is 0 Å². The van der Waals surface area contributed by atoms with E-state index >= 15 is 0 Å². The summed E-state index contributed by atoms with van der Waals surface area (Å²) in [6.45, 7) is 6.38. The first-order valence-electron chi connectivity index (χ1n) is 4.64. The smallest absolute Gasteiger partial charge is 0.171 e. The molecule has 0 spiro atoms. The third-order valence-corrected chi connectivity index (χ3v) is 1.93. The lowest BCUT2D eigenvalue weighted by Crippen LogP contribution is -1.78. The van der Waals surface area contributed by atoms with E-state index in [9.17, 15) is 0 Å². The van der Waals surface area contributed by atoms with Crippen molar-refractivity contribution in [1.82, 2.24) is 15.4 Å². The van der Waals surface area contributed by atoms with Crippen molar-refractivity contribution in [2.24, 2.45) is 0 Å². The maximum Gasteiger partial charge on any atom is 0.171 e. The molecular formula is C11H14ClN3. The largest absolute Gasteiger partial charge is 0.196 e. The predicted octanol–water partition coefficient (Wildman–Crippen LogP) is 3.07. The van der Waals surface area contributed by atoms with E-state index in [0.29, 0.717) is 5.15 Å². The average molecular weight is 224 g/mol. The van der Waals surface area contributed by atoms with E-state index in [1.807, 2.05) is 0 Å². The second-order valence-electron chi connectivity index (χ2n) is 3.46. The summed E-state index contributed by atoms with van der Waals surface area (Å²) in [7, 11) is 0. The Hall–Kier alpha value is -1.35. The number of hydrogen-bond donors (Lipinski definition) is 1. The number of rotatable bonds is 0. The molecule has 0 saturated heterocycles. The van der Waals surface area contributed by atoms with Gasteiger partial charge in [0.1, 0.15) is 0 Å². The molecule has 2 aromatic rings. The number of halogens is 1. The number of nitrogens with one attached hydrogen (secondary N) is 1. The fraction of sp³-hybridized carbons (Fsp3) is 0.273. The Morgan fingerprint density at radius 2 is 1.47 bits per heavy atom. The first kappa shape index (κ1) is 11.7. The summed E-state index contributed by atoms with van der Waals surface area (Å²) in [5.41, 5.74) is 4.06. The van der Waals surface area contributed by atoms with E-state index in [1.165, 1.54) is 22.9 Å². The van der Waals surface area contributed by atoms with E-state index in [1.54, 1.807) is 0 Å². The molecule has 0 radical (unpaired) electrons. The van der Waals surface area contributed by atoms with Crippen LogP contribution in [0, 0.1) is 20.8 Å². The fourth-order valence-electron chi connectivity index (χ4n) is 1.39. The molecule has 0 amide bonds. The van der Waals surface area contributed by atoms with Crippen molar-refractivity contribution in [1.29, 1.82) is 0 Å². The minimum Gasteiger partial charge on any atom is -0.196 e. The van der Waals surface area contributed by atoms with Gasteiger partial charge in [0.2, 0.25) is 0 Å². The van der Waals surface area contributed by atoms with Gasteiger partial charge >= 0.3 is 0 Å². The van der Waals surface area contributed by atoms with Crippen LogP contribution in [-0.2, 0) is 0 Å². The van der Waals surface area contributed by atoms with Crippen LogP contribution >= 0.6 is 11.6 Å². The zero-order valence-corrected chi connectivity index (χ0v) is 9.84. The zero-order chi connectivity index (χ0) is 11.3. The standard InChI is InChI=1S/C9H12.C2H2ClN3/c1-7-4-8(2)6-9(3)5-7;3-2-1-4-6-5-2/h4-6H,1-3H3;1H,(H,4,5,6). The lowest BCUT2D eigenvalue weighted by atomic mass is 10.1. The molecule has 0 aliphatic carbocycles. The van der Waals surface area contributed by atoms with Crippen molar-refractivity contribution in [3.05, 3.63) is 46.2 Å². The molecule has 3 nitrogen and oxygen atoms in total. The Labute approximate surface area is 94.5 Å². The highest BCUT2D eigenvalue weighted by Gasteiger charge is 1.87. The molecule has 1 aromatic carbocycles. The third kappa shape index (κ3) is 4.61. The molecule has 0 fully saturated rings. The summed E-state index contributed by atoms with van der Waals surface area (Å²) in [5.74, 6) is 0. The lowest BCUT2D eigenvalue weighted by molar-refractivity contribution is 0.940. The van der Waals surface area contributed by atoms with Crippen molar-refractivity contribution in [3.8, 4) is 0 Å². The maximum absolute atomic E-state index is 5.25. The van der Waals surface area contributed by atoms with Crippen LogP contribution in [0.5, 0.6) is 0 Å². The van der Waals surface area contributed by atoms with Gasteiger partial charge in [0, 0.05) is 0 Å². The summed E-state index contributed by atoms with van der Waals surface area (Å²) in [4.78, 5) is 0. The minimum atomic E-state index is 0.398. The van der Waals surface area contributed by atoms with Gasteiger partial charge in [-0.1, -0.05) is 46.5 Å². The summed E-state index contributed by atoms with van der Waals surface area (Å²) in [5, 5.41) is 9.60. The van der Waals surface area contributed by atoms with Crippen molar-refractivity contribution < 1.29 is 0 Å². The topological polar surface area (TPSA) is 41.6 Å². The molecule has 0 aliphatic rings. The molecule has 4 heteroatoms. The molecule has 80 valence electrons. The number of aryl methyl sites for hydroxylation is 3. The van der Waals surface area contributed by atoms with Crippen LogP contribution in [-0.4, -0.2) is 15.4 Å². The minimum absolute atomic E-state index is 0.398. The molecule has 2 rings (SSSR count). The summed E-state index contributed by atoms with van der Waals surface area (Å²) in [6.07, 6.45) is 1.43. The van der Waals surface area contributed by atoms with Crippen LogP contribution in [0.1, 0.15) is 16.7 Å². The fourth-order valence-corrected chi connectivity index (χ4v) is 1.48. The molecule has 0 atom stereocenters. The second kappa shape index (κ2) is 5.51. The SMILES string of the molecule is Cc1cc(C)cc(C)c1.Clc1cn[nH]n1. The molecule has 0 aliphatic heterocycles. The van der Waals surface area contributed by atoms with Crippen LogP contribution < -0.4 is 0 Å². The number of aromatic amines is 1. The van der Waals surface area contributed by atoms with Gasteiger partial charge in [-0.05, 0) is 20.8 Å². The van der Waals surface area contributed by atoms with Gasteiger partial charge in [-0.2, -0.15) is 10.3 Å². The Balaban J connectivity index is 0.000000162. The quantitative estimate of drug-likeness (QED) is 0.746. The van der Waals surface area contributed by atoms with Gasteiger partial charge in [0.25, 0.3) is 0 Å². The van der Waals surface area contributed by atoms with Crippen LogP contribution in [0.2, 0.25) is 5.15 Å². The van der Waals surface area contributed by atoms with Crippen LogP contribution in [0.4, 0.5) is 0 Å². The predicted molar refractivity (Wildman–Crippen MR) is 62.0 cm³/mol. The molecule has 1 N–H and O–H groups in total. The van der Waals surface area contributed by atoms with E-state index in [-0.39, 0.29) is 0 Å². The monoisotopic (exact) mass is 223 g/mol. The normalized spacial score (nSPS) is 9.33. The first-order valence-corrected chi connectivity index (χ1v) is 5.02. The first-order chi connectivity index (χ1) is 7.08. The number of hydrogen-bond acceptors (Lipinski definition) is 2. The third-order valence-electron chi connectivity index (χ3n) is 1.75. The molecule has 1 aromatic heterocycles. The molecule has 15 heavy (non-hydrogen) atoms. The van der Waals surface area contributed by atoms with E-state index < -0.39 is 0 Å². The summed E-state index contributed by atoms with van der Waals surface area (Å²) in [6, 6.07) is 6.56. The number of nitrogens with zero attached hydrogens (tertiary/aromatic N) is 2. The number of aromatic nitrogens is 3. The van der Waals surface area contributed by atoms with Crippen LogP contribution in [0.15, 0.2) is 24.4 Å². The Morgan fingerprint density at radius 3 is 1.67 bits per heavy atom. The molecule has 1 heterocycles. The van der Waals surface area contributed by atoms with Gasteiger partial charge in [-0.15, -0.1) is 5.10 Å². The molecule has 0 bridgehead atoms. The second-order valence-corrected chi connectivity index (χ2v) is 3.85. The Bertz CT molecular complexity index is 359. The zero-order valence-electron chi connectivity index (χ0n) is 9.08. The lowest BCUT2D eigenvalue weighted by Gasteiger charge is -1.96. The van der Waals surface area contributed by atoms with Crippen LogP contribution in [0.25, 0.3) is 0 Å². The van der Waals surface area contributed by atoms with Gasteiger partial charge in [-0.25, -0.2) is 0 Å². The summed E-state index contributed by atoms with van der Waals surface area (Å²) >= 11 is 5.25.